The molecule has 3 nitrogen and oxygen atoms in total. The molecule has 0 atom stereocenters. The van der Waals surface area contributed by atoms with E-state index >= 15 is 0 Å². The Bertz CT molecular complexity index is 473. The first-order valence-corrected chi connectivity index (χ1v) is 10.1. The fraction of sp³-hybridized carbons (Fsp3) is 0.636. The highest BCUT2D eigenvalue weighted by Gasteiger charge is 2.12. The van der Waals surface area contributed by atoms with E-state index in [1.54, 1.807) is 0 Å². The summed E-state index contributed by atoms with van der Waals surface area (Å²) < 4.78 is 5.83. The second-order valence-electron chi connectivity index (χ2n) is 7.22. The van der Waals surface area contributed by atoms with Crippen molar-refractivity contribution >= 4 is 0 Å². The predicted octanol–water partition coefficient (Wildman–Crippen LogP) is 4.82. The lowest BCUT2D eigenvalue weighted by Gasteiger charge is -2.26. The number of rotatable bonds is 12. The highest BCUT2D eigenvalue weighted by molar-refractivity contribution is 5.27. The molecular formula is C22H36N2O. The molecule has 1 aromatic rings. The molecule has 0 radical (unpaired) electrons. The summed E-state index contributed by atoms with van der Waals surface area (Å²) in [4.78, 5) is 0. The number of ether oxygens (including phenoxy) is 1. The molecule has 1 heterocycles. The molecule has 1 saturated heterocycles. The molecule has 3 heteroatoms. The average Bonchev–Trinajstić information content (AvgIpc) is 2.64. The van der Waals surface area contributed by atoms with Gasteiger partial charge in [-0.2, -0.15) is 0 Å². The molecule has 0 unspecified atom stereocenters. The number of hydrogen-bond acceptors (Lipinski definition) is 3. The van der Waals surface area contributed by atoms with Crippen LogP contribution in [0.4, 0.5) is 0 Å². The van der Waals surface area contributed by atoms with Crippen LogP contribution in [0, 0.1) is 0 Å². The van der Waals surface area contributed by atoms with E-state index in [2.05, 4.69) is 48.4 Å². The van der Waals surface area contributed by atoms with Crippen LogP contribution in [0.1, 0.15) is 63.9 Å². The van der Waals surface area contributed by atoms with Gasteiger partial charge in [0.25, 0.3) is 0 Å². The smallest absolute Gasteiger partial charge is 0.119 e. The third kappa shape index (κ3) is 8.55. The van der Waals surface area contributed by atoms with Gasteiger partial charge in [0.15, 0.2) is 0 Å². The summed E-state index contributed by atoms with van der Waals surface area (Å²) in [5.74, 6) is 1.01. The molecule has 25 heavy (non-hydrogen) atoms. The number of nitrogens with one attached hydrogen (secondary N) is 2. The van der Waals surface area contributed by atoms with Crippen molar-refractivity contribution in [2.75, 3.05) is 19.7 Å². The van der Waals surface area contributed by atoms with Crippen LogP contribution in [-0.2, 0) is 6.42 Å². The Morgan fingerprint density at radius 1 is 0.960 bits per heavy atom. The van der Waals surface area contributed by atoms with Gasteiger partial charge in [0.05, 0.1) is 12.8 Å². The molecule has 140 valence electrons. The zero-order valence-electron chi connectivity index (χ0n) is 16.0. The molecule has 1 fully saturated rings. The topological polar surface area (TPSA) is 33.3 Å². The Kier molecular flexibility index (Phi) is 9.68. The number of hydrogen-bond donors (Lipinski definition) is 2. The summed E-state index contributed by atoms with van der Waals surface area (Å²) in [5.41, 5.74) is 2.66. The van der Waals surface area contributed by atoms with Crippen molar-refractivity contribution in [3.8, 4) is 5.75 Å². The molecule has 0 aromatic heterocycles. The lowest BCUT2D eigenvalue weighted by atomic mass is 10.1. The minimum Gasteiger partial charge on any atom is -0.494 e. The number of benzene rings is 1. The van der Waals surface area contributed by atoms with Gasteiger partial charge in [0.1, 0.15) is 5.75 Å². The van der Waals surface area contributed by atoms with Gasteiger partial charge in [-0.05, 0) is 49.0 Å². The summed E-state index contributed by atoms with van der Waals surface area (Å²) in [7, 11) is 0. The summed E-state index contributed by atoms with van der Waals surface area (Å²) in [6.07, 6.45) is 11.7. The molecule has 0 spiro atoms. The molecule has 1 aromatic carbocycles. The van der Waals surface area contributed by atoms with Crippen molar-refractivity contribution in [1.29, 1.82) is 0 Å². The number of unbranched alkanes of at least 4 members (excludes halogenated alkanes) is 5. The summed E-state index contributed by atoms with van der Waals surface area (Å²) in [5, 5.41) is 6.97. The molecule has 0 aliphatic carbocycles. The number of aryl methyl sites for hydroxylation is 1. The molecule has 1 aliphatic rings. The Labute approximate surface area is 154 Å². The third-order valence-electron chi connectivity index (χ3n) is 4.85. The van der Waals surface area contributed by atoms with Crippen LogP contribution in [0.25, 0.3) is 0 Å². The van der Waals surface area contributed by atoms with Gasteiger partial charge in [-0.15, -0.1) is 0 Å². The average molecular weight is 345 g/mol. The van der Waals surface area contributed by atoms with Crippen molar-refractivity contribution in [3.63, 3.8) is 0 Å². The first kappa shape index (κ1) is 20.0. The molecule has 0 bridgehead atoms. The Hall–Kier alpha value is -1.32. The second-order valence-corrected chi connectivity index (χ2v) is 7.22. The molecule has 0 saturated carbocycles. The van der Waals surface area contributed by atoms with Crippen LogP contribution in [0.15, 0.2) is 36.4 Å². The second kappa shape index (κ2) is 12.1. The zero-order valence-corrected chi connectivity index (χ0v) is 16.0. The van der Waals surface area contributed by atoms with Crippen LogP contribution in [0.5, 0.6) is 5.75 Å². The van der Waals surface area contributed by atoms with E-state index in [0.717, 1.165) is 31.9 Å². The molecule has 0 amide bonds. The van der Waals surface area contributed by atoms with Crippen molar-refractivity contribution < 1.29 is 4.74 Å². The SMILES string of the molecule is C=C1CNC(CCCCc2ccc(OCCCCCCC)cc2)NC1. The zero-order chi connectivity index (χ0) is 17.7. The van der Waals surface area contributed by atoms with Gasteiger partial charge in [0, 0.05) is 13.1 Å². The molecule has 2 rings (SSSR count). The molecule has 1 aliphatic heterocycles. The van der Waals surface area contributed by atoms with Gasteiger partial charge in [-0.1, -0.05) is 57.7 Å². The van der Waals surface area contributed by atoms with E-state index in [1.807, 2.05) is 0 Å². The van der Waals surface area contributed by atoms with Gasteiger partial charge < -0.3 is 4.74 Å². The van der Waals surface area contributed by atoms with E-state index in [4.69, 9.17) is 4.74 Å². The van der Waals surface area contributed by atoms with Gasteiger partial charge in [0.2, 0.25) is 0 Å². The predicted molar refractivity (Wildman–Crippen MR) is 107 cm³/mol. The Morgan fingerprint density at radius 3 is 2.40 bits per heavy atom. The van der Waals surface area contributed by atoms with E-state index in [9.17, 15) is 0 Å². The van der Waals surface area contributed by atoms with E-state index < -0.39 is 0 Å². The first-order chi connectivity index (χ1) is 12.3. The van der Waals surface area contributed by atoms with Crippen molar-refractivity contribution in [2.24, 2.45) is 0 Å². The normalized spacial score (nSPS) is 15.5. The monoisotopic (exact) mass is 344 g/mol. The largest absolute Gasteiger partial charge is 0.494 e. The third-order valence-corrected chi connectivity index (χ3v) is 4.85. The van der Waals surface area contributed by atoms with E-state index in [1.165, 1.54) is 62.5 Å². The minimum absolute atomic E-state index is 0.457. The quantitative estimate of drug-likeness (QED) is 0.421. The van der Waals surface area contributed by atoms with Gasteiger partial charge >= 0.3 is 0 Å². The van der Waals surface area contributed by atoms with Crippen molar-refractivity contribution in [1.82, 2.24) is 10.6 Å². The van der Waals surface area contributed by atoms with Crippen LogP contribution < -0.4 is 15.4 Å². The van der Waals surface area contributed by atoms with Gasteiger partial charge in [-0.25, -0.2) is 0 Å². The van der Waals surface area contributed by atoms with E-state index in [-0.39, 0.29) is 0 Å². The van der Waals surface area contributed by atoms with Crippen LogP contribution >= 0.6 is 0 Å². The van der Waals surface area contributed by atoms with Crippen molar-refractivity contribution in [3.05, 3.63) is 42.0 Å². The van der Waals surface area contributed by atoms with Crippen molar-refractivity contribution in [2.45, 2.75) is 70.9 Å². The maximum atomic E-state index is 5.83. The summed E-state index contributed by atoms with van der Waals surface area (Å²) in [6.45, 7) is 9.00. The van der Waals surface area contributed by atoms with Gasteiger partial charge in [-0.3, -0.25) is 10.6 Å². The molecule has 2 N–H and O–H groups in total. The standard InChI is InChI=1S/C22H36N2O/c1-3-4-5-6-9-16-25-21-14-12-20(13-15-21)10-7-8-11-22-23-17-19(2)18-24-22/h12-15,22-24H,2-11,16-18H2,1H3. The van der Waals surface area contributed by atoms with Crippen LogP contribution in [-0.4, -0.2) is 25.9 Å². The lowest BCUT2D eigenvalue weighted by molar-refractivity contribution is 0.304. The minimum atomic E-state index is 0.457. The molecular weight excluding hydrogens is 308 g/mol. The summed E-state index contributed by atoms with van der Waals surface area (Å²) in [6, 6.07) is 8.68. The summed E-state index contributed by atoms with van der Waals surface area (Å²) >= 11 is 0. The first-order valence-electron chi connectivity index (χ1n) is 10.1. The highest BCUT2D eigenvalue weighted by Crippen LogP contribution is 2.15. The maximum absolute atomic E-state index is 5.83. The Morgan fingerprint density at radius 2 is 1.68 bits per heavy atom. The Balaban J connectivity index is 1.53. The van der Waals surface area contributed by atoms with Crippen LogP contribution in [0.3, 0.4) is 0 Å². The fourth-order valence-electron chi connectivity index (χ4n) is 3.20. The lowest BCUT2D eigenvalue weighted by Crippen LogP contribution is -2.49. The fourth-order valence-corrected chi connectivity index (χ4v) is 3.20. The maximum Gasteiger partial charge on any atom is 0.119 e. The van der Waals surface area contributed by atoms with Crippen LogP contribution in [0.2, 0.25) is 0 Å². The highest BCUT2D eigenvalue weighted by atomic mass is 16.5. The van der Waals surface area contributed by atoms with E-state index in [0.29, 0.717) is 6.17 Å².